The monoisotopic (exact) mass is 564 g/mol. The maximum Gasteiger partial charge on any atom is 0.305 e. The van der Waals surface area contributed by atoms with E-state index in [9.17, 15) is 4.79 Å². The molecular formula is C29H56O10. The largest absolute Gasteiger partial charge is 0.463 e. The summed E-state index contributed by atoms with van der Waals surface area (Å²) in [5.74, 6) is -0.137. The molecule has 0 spiro atoms. The highest BCUT2D eigenvalue weighted by Gasteiger charge is 2.02. The molecule has 0 saturated heterocycles. The van der Waals surface area contributed by atoms with Crippen LogP contribution in [-0.4, -0.2) is 118 Å². The van der Waals surface area contributed by atoms with E-state index in [2.05, 4.69) is 13.5 Å². The Balaban J connectivity index is 3.10. The van der Waals surface area contributed by atoms with Gasteiger partial charge in [0.25, 0.3) is 0 Å². The summed E-state index contributed by atoms with van der Waals surface area (Å²) in [6.45, 7) is 14.2. The van der Waals surface area contributed by atoms with E-state index in [-0.39, 0.29) is 5.97 Å². The first-order valence-electron chi connectivity index (χ1n) is 14.7. The number of unbranched alkanes of at least 4 members (excludes halogenated alkanes) is 6. The van der Waals surface area contributed by atoms with Gasteiger partial charge in [0.1, 0.15) is 6.61 Å². The number of carbonyl (C=O) groups excluding carboxylic acids is 1. The Kier molecular flexibility index (Phi) is 33.9. The Labute approximate surface area is 236 Å². The number of carbonyl (C=O) groups is 1. The van der Waals surface area contributed by atoms with Gasteiger partial charge in [0.05, 0.1) is 106 Å². The smallest absolute Gasteiger partial charge is 0.305 e. The molecule has 0 heterocycles. The molecule has 0 aliphatic rings. The van der Waals surface area contributed by atoms with Crippen molar-refractivity contribution >= 4 is 5.97 Å². The molecule has 0 aliphatic carbocycles. The van der Waals surface area contributed by atoms with Crippen molar-refractivity contribution in [3.63, 3.8) is 0 Å². The van der Waals surface area contributed by atoms with Gasteiger partial charge >= 0.3 is 5.97 Å². The van der Waals surface area contributed by atoms with Gasteiger partial charge in [-0.05, 0) is 6.42 Å². The molecule has 0 aliphatic heterocycles. The van der Waals surface area contributed by atoms with E-state index in [1.165, 1.54) is 32.1 Å². The van der Waals surface area contributed by atoms with Crippen LogP contribution in [0.1, 0.15) is 58.3 Å². The predicted molar refractivity (Wildman–Crippen MR) is 150 cm³/mol. The minimum absolute atomic E-state index is 0.137. The third-order valence-electron chi connectivity index (χ3n) is 5.31. The molecule has 0 unspecified atom stereocenters. The maximum absolute atomic E-state index is 11.7. The first-order chi connectivity index (χ1) is 19.3. The molecule has 0 radical (unpaired) electrons. The predicted octanol–water partition coefficient (Wildman–Crippen LogP) is 3.99. The van der Waals surface area contributed by atoms with E-state index in [1.807, 2.05) is 0 Å². The summed E-state index contributed by atoms with van der Waals surface area (Å²) in [6, 6.07) is 0. The number of ether oxygens (including phenoxy) is 9. The molecule has 0 N–H and O–H groups in total. The van der Waals surface area contributed by atoms with Crippen molar-refractivity contribution in [1.29, 1.82) is 0 Å². The third-order valence-corrected chi connectivity index (χ3v) is 5.31. The molecule has 232 valence electrons. The fourth-order valence-corrected chi connectivity index (χ4v) is 3.22. The first-order valence-corrected chi connectivity index (χ1v) is 14.7. The highest BCUT2D eigenvalue weighted by atomic mass is 16.6. The number of hydrogen-bond acceptors (Lipinski definition) is 10. The molecule has 0 amide bonds. The molecule has 0 aromatic heterocycles. The van der Waals surface area contributed by atoms with Crippen LogP contribution in [0.15, 0.2) is 12.7 Å². The molecule has 0 aromatic carbocycles. The fraction of sp³-hybridized carbons (Fsp3) is 0.897. The average molecular weight is 565 g/mol. The second-order valence-electron chi connectivity index (χ2n) is 8.74. The third kappa shape index (κ3) is 34.9. The van der Waals surface area contributed by atoms with Gasteiger partial charge < -0.3 is 42.6 Å². The van der Waals surface area contributed by atoms with E-state index in [1.54, 1.807) is 6.08 Å². The second-order valence-corrected chi connectivity index (χ2v) is 8.74. The zero-order valence-electron chi connectivity index (χ0n) is 24.5. The van der Waals surface area contributed by atoms with Crippen molar-refractivity contribution in [3.05, 3.63) is 12.7 Å². The molecular weight excluding hydrogens is 508 g/mol. The SMILES string of the molecule is C=CCOCCOCCOCCOCCOCCOCCOCCOCCOC(=O)CCCCCCCCC. The molecule has 0 atom stereocenters. The minimum Gasteiger partial charge on any atom is -0.463 e. The summed E-state index contributed by atoms with van der Waals surface area (Å²) in [5.41, 5.74) is 0. The Morgan fingerprint density at radius 2 is 0.821 bits per heavy atom. The summed E-state index contributed by atoms with van der Waals surface area (Å²) in [5, 5.41) is 0. The topological polar surface area (TPSA) is 100 Å². The van der Waals surface area contributed by atoms with Crippen LogP contribution < -0.4 is 0 Å². The molecule has 0 aromatic rings. The number of hydrogen-bond donors (Lipinski definition) is 0. The van der Waals surface area contributed by atoms with Gasteiger partial charge in [-0.2, -0.15) is 0 Å². The highest BCUT2D eigenvalue weighted by Crippen LogP contribution is 2.08. The van der Waals surface area contributed by atoms with Gasteiger partial charge in [0, 0.05) is 6.42 Å². The van der Waals surface area contributed by atoms with Crippen LogP contribution in [0, 0.1) is 0 Å². The molecule has 0 saturated carbocycles. The lowest BCUT2D eigenvalue weighted by Crippen LogP contribution is -2.15. The molecule has 39 heavy (non-hydrogen) atoms. The Bertz CT molecular complexity index is 493. The van der Waals surface area contributed by atoms with Crippen molar-refractivity contribution in [2.45, 2.75) is 58.3 Å². The maximum atomic E-state index is 11.7. The van der Waals surface area contributed by atoms with Crippen molar-refractivity contribution in [1.82, 2.24) is 0 Å². The molecule has 0 bridgehead atoms. The molecule has 10 heteroatoms. The van der Waals surface area contributed by atoms with E-state index in [0.29, 0.717) is 119 Å². The van der Waals surface area contributed by atoms with Crippen LogP contribution in [0.5, 0.6) is 0 Å². The van der Waals surface area contributed by atoms with E-state index < -0.39 is 0 Å². The van der Waals surface area contributed by atoms with Crippen molar-refractivity contribution in [3.8, 4) is 0 Å². The Morgan fingerprint density at radius 1 is 0.487 bits per heavy atom. The van der Waals surface area contributed by atoms with E-state index in [0.717, 1.165) is 12.8 Å². The zero-order valence-corrected chi connectivity index (χ0v) is 24.5. The van der Waals surface area contributed by atoms with E-state index >= 15 is 0 Å². The Morgan fingerprint density at radius 3 is 1.21 bits per heavy atom. The normalized spacial score (nSPS) is 11.2. The van der Waals surface area contributed by atoms with Gasteiger partial charge in [-0.3, -0.25) is 4.79 Å². The minimum atomic E-state index is -0.137. The fourth-order valence-electron chi connectivity index (χ4n) is 3.22. The summed E-state index contributed by atoms with van der Waals surface area (Å²) in [7, 11) is 0. The standard InChI is InChI=1S/C29H56O10/c1-3-5-6-7-8-9-10-11-29(30)39-28-27-38-26-25-37-24-23-36-22-21-35-20-19-34-18-17-33-16-15-32-14-13-31-12-4-2/h4H,2-3,5-28H2,1H3. The zero-order chi connectivity index (χ0) is 28.3. The number of rotatable bonds is 34. The van der Waals surface area contributed by atoms with Crippen molar-refractivity contribution < 1.29 is 47.4 Å². The lowest BCUT2D eigenvalue weighted by Gasteiger charge is -2.09. The van der Waals surface area contributed by atoms with Crippen LogP contribution >= 0.6 is 0 Å². The molecule has 10 nitrogen and oxygen atoms in total. The van der Waals surface area contributed by atoms with Gasteiger partial charge in [-0.15, -0.1) is 6.58 Å². The lowest BCUT2D eigenvalue weighted by molar-refractivity contribution is -0.145. The molecule has 0 fully saturated rings. The van der Waals surface area contributed by atoms with Gasteiger partial charge in [-0.1, -0.05) is 51.5 Å². The van der Waals surface area contributed by atoms with Gasteiger partial charge in [0.15, 0.2) is 0 Å². The highest BCUT2D eigenvalue weighted by molar-refractivity contribution is 5.69. The lowest BCUT2D eigenvalue weighted by atomic mass is 10.1. The second kappa shape index (κ2) is 34.9. The van der Waals surface area contributed by atoms with Crippen molar-refractivity contribution in [2.24, 2.45) is 0 Å². The quantitative estimate of drug-likeness (QED) is 0.0648. The van der Waals surface area contributed by atoms with Gasteiger partial charge in [0.2, 0.25) is 0 Å². The van der Waals surface area contributed by atoms with Crippen molar-refractivity contribution in [2.75, 3.05) is 112 Å². The summed E-state index contributed by atoms with van der Waals surface area (Å²) in [6.07, 6.45) is 10.5. The Hall–Kier alpha value is -1.11. The van der Waals surface area contributed by atoms with Crippen LogP contribution in [0.2, 0.25) is 0 Å². The van der Waals surface area contributed by atoms with Crippen LogP contribution in [0.4, 0.5) is 0 Å². The van der Waals surface area contributed by atoms with Crippen LogP contribution in [-0.2, 0) is 47.4 Å². The summed E-state index contributed by atoms with van der Waals surface area (Å²) >= 11 is 0. The van der Waals surface area contributed by atoms with Crippen LogP contribution in [0.25, 0.3) is 0 Å². The first kappa shape index (κ1) is 37.9. The molecule has 0 rings (SSSR count). The summed E-state index contributed by atoms with van der Waals surface area (Å²) in [4.78, 5) is 11.7. The number of esters is 1. The van der Waals surface area contributed by atoms with Gasteiger partial charge in [-0.25, -0.2) is 0 Å². The van der Waals surface area contributed by atoms with E-state index in [4.69, 9.17) is 42.6 Å². The average Bonchev–Trinajstić information content (AvgIpc) is 2.94. The summed E-state index contributed by atoms with van der Waals surface area (Å²) < 4.78 is 48.4. The van der Waals surface area contributed by atoms with Crippen LogP contribution in [0.3, 0.4) is 0 Å².